The molecule has 0 fully saturated rings. The molecule has 8 nitrogen and oxygen atoms in total. The molecule has 3 rings (SSSR count). The Morgan fingerprint density at radius 2 is 2.21 bits per heavy atom. The lowest BCUT2D eigenvalue weighted by Gasteiger charge is -2.17. The first kappa shape index (κ1) is 15.9. The minimum atomic E-state index is -2.69. The largest absolute Gasteiger partial charge is 0.387 e. The standard InChI is InChI=1S/C19H19ClN6O2/c1-11(26-18(12(2)27)8-17(24-26)19(22)28)10-25-6-5-16(23-25)13-3-4-14(9-21)15(20)7-13/h3-8,11-12,27H,10H2,1-2H3,(H2,22,28)/t11-,12?/m0/s1/i2D3. The Bertz CT molecular complexity index is 1160. The van der Waals surface area contributed by atoms with Crippen molar-refractivity contribution >= 4 is 17.5 Å². The number of nitrogens with two attached hydrogens (primary N) is 1. The molecule has 0 radical (unpaired) electrons. The first-order valence-corrected chi connectivity index (χ1v) is 8.70. The fourth-order valence-corrected chi connectivity index (χ4v) is 3.04. The lowest BCUT2D eigenvalue weighted by molar-refractivity contribution is 0.0994. The number of hydrogen-bond donors (Lipinski definition) is 2. The van der Waals surface area contributed by atoms with Crippen molar-refractivity contribution in [2.45, 2.75) is 32.5 Å². The number of carbonyl (C=O) groups is 1. The maximum absolute atomic E-state index is 11.5. The summed E-state index contributed by atoms with van der Waals surface area (Å²) in [5, 5.41) is 28.1. The van der Waals surface area contributed by atoms with Gasteiger partial charge >= 0.3 is 0 Å². The number of aromatic nitrogens is 4. The number of hydrogen-bond acceptors (Lipinski definition) is 5. The first-order valence-electron chi connectivity index (χ1n) is 9.82. The summed E-state index contributed by atoms with van der Waals surface area (Å²) in [6.45, 7) is -0.682. The zero-order valence-electron chi connectivity index (χ0n) is 17.9. The topological polar surface area (TPSA) is 123 Å². The number of carbonyl (C=O) groups excluding carboxylic acids is 1. The molecule has 1 amide bonds. The molecule has 0 saturated carbocycles. The van der Waals surface area contributed by atoms with Crippen LogP contribution in [-0.2, 0) is 6.54 Å². The summed E-state index contributed by atoms with van der Waals surface area (Å²) in [6.07, 6.45) is -0.111. The number of aliphatic hydroxyl groups is 1. The molecule has 0 saturated heterocycles. The highest BCUT2D eigenvalue weighted by Crippen LogP contribution is 2.25. The summed E-state index contributed by atoms with van der Waals surface area (Å²) < 4.78 is 25.3. The van der Waals surface area contributed by atoms with E-state index in [1.807, 2.05) is 6.07 Å². The summed E-state index contributed by atoms with van der Waals surface area (Å²) in [4.78, 5) is 11.5. The molecule has 2 atom stereocenters. The van der Waals surface area contributed by atoms with Gasteiger partial charge in [-0.2, -0.15) is 15.5 Å². The summed E-state index contributed by atoms with van der Waals surface area (Å²) in [7, 11) is 0. The average molecular weight is 402 g/mol. The van der Waals surface area contributed by atoms with E-state index in [1.165, 1.54) is 10.7 Å². The van der Waals surface area contributed by atoms with E-state index in [0.717, 1.165) is 5.56 Å². The number of primary amides is 1. The lowest BCUT2D eigenvalue weighted by Crippen LogP contribution is -2.19. The van der Waals surface area contributed by atoms with Crippen LogP contribution in [0.15, 0.2) is 36.5 Å². The van der Waals surface area contributed by atoms with Crippen molar-refractivity contribution in [3.05, 3.63) is 58.5 Å². The Morgan fingerprint density at radius 1 is 1.43 bits per heavy atom. The molecule has 0 aliphatic carbocycles. The van der Waals surface area contributed by atoms with Crippen LogP contribution < -0.4 is 5.73 Å². The number of nitriles is 1. The molecule has 2 aromatic heterocycles. The van der Waals surface area contributed by atoms with Gasteiger partial charge in [-0.15, -0.1) is 0 Å². The van der Waals surface area contributed by atoms with Crippen molar-refractivity contribution in [3.8, 4) is 17.3 Å². The van der Waals surface area contributed by atoms with Gasteiger partial charge < -0.3 is 10.8 Å². The Balaban J connectivity index is 1.87. The highest BCUT2D eigenvalue weighted by Gasteiger charge is 2.19. The average Bonchev–Trinajstić information content (AvgIpc) is 3.34. The fourth-order valence-electron chi connectivity index (χ4n) is 2.82. The number of rotatable bonds is 6. The van der Waals surface area contributed by atoms with Gasteiger partial charge in [0.15, 0.2) is 0 Å². The van der Waals surface area contributed by atoms with E-state index >= 15 is 0 Å². The zero-order chi connectivity index (χ0) is 22.9. The molecule has 9 heteroatoms. The van der Waals surface area contributed by atoms with Crippen LogP contribution in [0.5, 0.6) is 0 Å². The molecule has 28 heavy (non-hydrogen) atoms. The molecular weight excluding hydrogens is 380 g/mol. The lowest BCUT2D eigenvalue weighted by atomic mass is 10.1. The van der Waals surface area contributed by atoms with Crippen LogP contribution in [0.25, 0.3) is 11.3 Å². The second-order valence-corrected chi connectivity index (χ2v) is 6.65. The molecule has 2 heterocycles. The Labute approximate surface area is 171 Å². The van der Waals surface area contributed by atoms with E-state index in [9.17, 15) is 9.90 Å². The number of halogens is 1. The van der Waals surface area contributed by atoms with Crippen LogP contribution in [0.1, 0.15) is 51.8 Å². The SMILES string of the molecule is [2H]C([2H])([2H])C(O)c1cc(C(N)=O)nn1[C@@H](C)Cn1ccc(-c2ccc(C#N)c(Cl)c2)n1. The van der Waals surface area contributed by atoms with E-state index in [2.05, 4.69) is 10.2 Å². The molecule has 0 bridgehead atoms. The summed E-state index contributed by atoms with van der Waals surface area (Å²) >= 11 is 6.09. The summed E-state index contributed by atoms with van der Waals surface area (Å²) in [5.74, 6) is -0.830. The van der Waals surface area contributed by atoms with Crippen LogP contribution in [0.2, 0.25) is 5.02 Å². The van der Waals surface area contributed by atoms with Gasteiger partial charge in [-0.25, -0.2) is 0 Å². The van der Waals surface area contributed by atoms with E-state index in [1.54, 1.807) is 42.1 Å². The highest BCUT2D eigenvalue weighted by atomic mass is 35.5. The van der Waals surface area contributed by atoms with Crippen molar-refractivity contribution in [1.29, 1.82) is 5.26 Å². The fraction of sp³-hybridized carbons (Fsp3) is 0.263. The van der Waals surface area contributed by atoms with Gasteiger partial charge in [-0.1, -0.05) is 17.7 Å². The molecule has 1 unspecified atom stereocenters. The third-order valence-electron chi connectivity index (χ3n) is 4.19. The number of benzene rings is 1. The molecule has 3 aromatic rings. The maximum atomic E-state index is 11.5. The number of amides is 1. The van der Waals surface area contributed by atoms with Crippen LogP contribution in [-0.4, -0.2) is 30.6 Å². The van der Waals surface area contributed by atoms with E-state index < -0.39 is 24.9 Å². The predicted octanol–water partition coefficient (Wildman–Crippen LogP) is 2.69. The van der Waals surface area contributed by atoms with Crippen molar-refractivity contribution in [2.75, 3.05) is 0 Å². The quantitative estimate of drug-likeness (QED) is 0.657. The van der Waals surface area contributed by atoms with Crippen LogP contribution in [0.4, 0.5) is 0 Å². The molecule has 0 aliphatic rings. The molecular formula is C19H19ClN6O2. The van der Waals surface area contributed by atoms with Crippen molar-refractivity contribution in [2.24, 2.45) is 5.73 Å². The van der Waals surface area contributed by atoms with E-state index in [0.29, 0.717) is 16.3 Å². The predicted molar refractivity (Wildman–Crippen MR) is 103 cm³/mol. The van der Waals surface area contributed by atoms with Gasteiger partial charge in [0.25, 0.3) is 5.91 Å². The normalized spacial score (nSPS) is 15.1. The smallest absolute Gasteiger partial charge is 0.269 e. The van der Waals surface area contributed by atoms with Crippen LogP contribution >= 0.6 is 11.6 Å². The van der Waals surface area contributed by atoms with Gasteiger partial charge in [-0.3, -0.25) is 14.2 Å². The maximum Gasteiger partial charge on any atom is 0.269 e. The Morgan fingerprint density at radius 3 is 2.86 bits per heavy atom. The van der Waals surface area contributed by atoms with Crippen molar-refractivity contribution < 1.29 is 14.0 Å². The number of nitrogens with zero attached hydrogens (tertiary/aromatic N) is 5. The third-order valence-corrected chi connectivity index (χ3v) is 4.50. The minimum Gasteiger partial charge on any atom is -0.387 e. The summed E-state index contributed by atoms with van der Waals surface area (Å²) in [5.41, 5.74) is 6.81. The second-order valence-electron chi connectivity index (χ2n) is 6.24. The minimum absolute atomic E-state index is 0.0347. The molecule has 0 spiro atoms. The molecule has 3 N–H and O–H groups in total. The van der Waals surface area contributed by atoms with Gasteiger partial charge in [0.2, 0.25) is 0 Å². The van der Waals surface area contributed by atoms with Crippen LogP contribution in [0.3, 0.4) is 0 Å². The third kappa shape index (κ3) is 3.91. The highest BCUT2D eigenvalue weighted by molar-refractivity contribution is 6.32. The Hall–Kier alpha value is -3.15. The second kappa shape index (κ2) is 7.84. The molecule has 144 valence electrons. The number of aliphatic hydroxyl groups excluding tert-OH is 1. The zero-order valence-corrected chi connectivity index (χ0v) is 15.6. The van der Waals surface area contributed by atoms with E-state index in [4.69, 9.17) is 26.7 Å². The first-order chi connectivity index (χ1) is 14.5. The molecule has 0 aliphatic heterocycles. The molecule has 1 aromatic carbocycles. The van der Waals surface area contributed by atoms with Crippen LogP contribution in [0, 0.1) is 11.3 Å². The van der Waals surface area contributed by atoms with Gasteiger partial charge in [-0.05, 0) is 38.0 Å². The summed E-state index contributed by atoms with van der Waals surface area (Å²) in [6, 6.07) is 9.47. The van der Waals surface area contributed by atoms with Crippen molar-refractivity contribution in [3.63, 3.8) is 0 Å². The van der Waals surface area contributed by atoms with Gasteiger partial charge in [0, 0.05) is 15.9 Å². The van der Waals surface area contributed by atoms with Gasteiger partial charge in [0.05, 0.1) is 40.7 Å². The Kier molecular flexibility index (Phi) is 4.44. The van der Waals surface area contributed by atoms with E-state index in [-0.39, 0.29) is 17.9 Å². The van der Waals surface area contributed by atoms with Gasteiger partial charge in [0.1, 0.15) is 11.8 Å². The monoisotopic (exact) mass is 401 g/mol. The van der Waals surface area contributed by atoms with Crippen molar-refractivity contribution in [1.82, 2.24) is 19.6 Å².